The second kappa shape index (κ2) is 40.3. The molecule has 0 atom stereocenters. The van der Waals surface area contributed by atoms with E-state index in [4.69, 9.17) is 29.4 Å². The Morgan fingerprint density at radius 1 is 0.488 bits per heavy atom. The summed E-state index contributed by atoms with van der Waals surface area (Å²) in [5.41, 5.74) is 10.8. The van der Waals surface area contributed by atoms with Gasteiger partial charge in [0.1, 0.15) is 44.8 Å². The number of hydrogen-bond donors (Lipinski definition) is 3. The minimum Gasteiger partial charge on any atom is -0.444 e. The van der Waals surface area contributed by atoms with Gasteiger partial charge >= 0.3 is 6.09 Å². The van der Waals surface area contributed by atoms with Crippen LogP contribution in [0.1, 0.15) is 150 Å². The molecule has 3 saturated carbocycles. The largest absolute Gasteiger partial charge is 0.444 e. The topological polar surface area (TPSA) is 299 Å². The SMILES string of the molecule is CC(C)(C)OC(=O)N1CCN(CCCn2cc(-c3cnc4ccc(N(COCC[Si](C)(C)C)c5nnc(C6CCCC6)s5)nc4c3)cn2)CC1.CN1CCN(CCCn2cc(-c3cnc4ccc(Nc5nnc(C6CCCC6)s5)nc4c3)cn2)CC1.c1nc2ccc(Nc3nnc(C4CCCC4)s3)nc2cc1-c1cnn(CCCN2CCNCC2)c1. The summed E-state index contributed by atoms with van der Waals surface area (Å²) < 4.78 is 17.8. The average molecular weight is 1710 g/mol. The van der Waals surface area contributed by atoms with E-state index in [-0.39, 0.29) is 6.09 Å². The first-order valence-corrected chi connectivity index (χ1v) is 49.9. The second-order valence-electron chi connectivity index (χ2n) is 35.2. The van der Waals surface area contributed by atoms with Gasteiger partial charge in [-0.2, -0.15) is 15.3 Å². The first kappa shape index (κ1) is 85.2. The van der Waals surface area contributed by atoms with Crippen molar-refractivity contribution >= 4 is 114 Å². The Hall–Kier alpha value is -9.36. The number of aryl methyl sites for hydroxylation is 3. The van der Waals surface area contributed by atoms with Crippen molar-refractivity contribution in [2.75, 3.05) is 134 Å². The van der Waals surface area contributed by atoms with Gasteiger partial charge in [0.15, 0.2) is 0 Å². The summed E-state index contributed by atoms with van der Waals surface area (Å²) in [7, 11) is 0.976. The first-order valence-electron chi connectivity index (χ1n) is 43.7. The monoisotopic (exact) mass is 1710 g/mol. The molecule has 30 nitrogen and oxygen atoms in total. The van der Waals surface area contributed by atoms with Crippen LogP contribution in [0.2, 0.25) is 25.7 Å². The quantitative estimate of drug-likeness (QED) is 0.0223. The molecule has 12 aromatic heterocycles. The molecule has 0 bridgehead atoms. The lowest BCUT2D eigenvalue weighted by atomic mass is 10.1. The Balaban J connectivity index is 0.000000138. The highest BCUT2D eigenvalue weighted by molar-refractivity contribution is 7.16. The molecule has 3 saturated heterocycles. The van der Waals surface area contributed by atoms with Crippen molar-refractivity contribution in [1.29, 1.82) is 0 Å². The Bertz CT molecular complexity index is 5320. The van der Waals surface area contributed by atoms with Gasteiger partial charge < -0.3 is 45.0 Å². The molecule has 0 spiro atoms. The summed E-state index contributed by atoms with van der Waals surface area (Å²) in [6.45, 7) is 31.9. The van der Waals surface area contributed by atoms with Crippen LogP contribution in [0.4, 0.5) is 37.6 Å². The zero-order valence-electron chi connectivity index (χ0n) is 71.3. The fraction of sp³-hybridized carbons (Fsp3) is 0.540. The number of rotatable bonds is 29. The van der Waals surface area contributed by atoms with E-state index in [1.54, 1.807) is 38.9 Å². The lowest BCUT2D eigenvalue weighted by Crippen LogP contribution is -2.50. The summed E-state index contributed by atoms with van der Waals surface area (Å²) in [6, 6.07) is 19.3. The summed E-state index contributed by atoms with van der Waals surface area (Å²) in [5, 5.41) is 56.4. The van der Waals surface area contributed by atoms with Crippen molar-refractivity contribution in [2.45, 2.75) is 186 Å². The van der Waals surface area contributed by atoms with Crippen LogP contribution in [0.5, 0.6) is 0 Å². The van der Waals surface area contributed by atoms with E-state index in [9.17, 15) is 4.79 Å². The fourth-order valence-electron chi connectivity index (χ4n) is 16.4. The molecule has 640 valence electrons. The Labute approximate surface area is 722 Å². The van der Waals surface area contributed by atoms with E-state index >= 15 is 0 Å². The van der Waals surface area contributed by atoms with Crippen LogP contribution in [0.25, 0.3) is 66.5 Å². The van der Waals surface area contributed by atoms with Gasteiger partial charge in [0.25, 0.3) is 0 Å². The van der Waals surface area contributed by atoms with Gasteiger partial charge in [-0.3, -0.25) is 38.8 Å². The number of amides is 1. The molecule has 3 aliphatic carbocycles. The number of fused-ring (bicyclic) bond motifs is 3. The van der Waals surface area contributed by atoms with E-state index in [1.165, 1.54) is 77.0 Å². The lowest BCUT2D eigenvalue weighted by molar-refractivity contribution is 0.0143. The molecule has 6 aliphatic rings. The number of carbonyl (C=O) groups is 1. The van der Waals surface area contributed by atoms with Crippen LogP contribution in [-0.4, -0.2) is 253 Å². The van der Waals surface area contributed by atoms with Crippen molar-refractivity contribution in [2.24, 2.45) is 0 Å². The number of aromatic nitrogens is 18. The van der Waals surface area contributed by atoms with Crippen molar-refractivity contribution in [1.82, 2.24) is 120 Å². The number of nitrogens with zero attached hydrogens (tertiary/aromatic N) is 24. The van der Waals surface area contributed by atoms with Crippen molar-refractivity contribution in [3.05, 3.63) is 125 Å². The molecule has 15 heterocycles. The Morgan fingerprint density at radius 3 is 1.36 bits per heavy atom. The molecule has 1 amide bonds. The van der Waals surface area contributed by atoms with Crippen LogP contribution < -0.4 is 20.9 Å². The summed E-state index contributed by atoms with van der Waals surface area (Å²) in [4.78, 5) is 54.8. The van der Waals surface area contributed by atoms with E-state index in [1.807, 2.05) is 108 Å². The van der Waals surface area contributed by atoms with Gasteiger partial charge in [0.05, 0.1) is 51.7 Å². The number of ether oxygens (including phenoxy) is 2. The van der Waals surface area contributed by atoms with Gasteiger partial charge in [-0.15, -0.1) is 30.6 Å². The zero-order valence-corrected chi connectivity index (χ0v) is 74.7. The van der Waals surface area contributed by atoms with Gasteiger partial charge in [-0.05, 0) is 159 Å². The highest BCUT2D eigenvalue weighted by Gasteiger charge is 2.29. The number of piperazine rings is 3. The Morgan fingerprint density at radius 2 is 0.909 bits per heavy atom. The van der Waals surface area contributed by atoms with Crippen molar-refractivity contribution < 1.29 is 14.3 Å². The third-order valence-electron chi connectivity index (χ3n) is 23.5. The Kier molecular flexibility index (Phi) is 28.4. The van der Waals surface area contributed by atoms with E-state index in [0.717, 1.165) is 244 Å². The molecule has 3 N–H and O–H groups in total. The molecule has 0 aromatic carbocycles. The number of anilines is 6. The van der Waals surface area contributed by atoms with E-state index in [2.05, 4.69) is 160 Å². The van der Waals surface area contributed by atoms with Crippen molar-refractivity contribution in [3.8, 4) is 33.4 Å². The van der Waals surface area contributed by atoms with Crippen molar-refractivity contribution in [3.63, 3.8) is 0 Å². The van der Waals surface area contributed by atoms with Crippen LogP contribution in [0, 0.1) is 0 Å². The summed E-state index contributed by atoms with van der Waals surface area (Å²) >= 11 is 4.95. The maximum atomic E-state index is 12.4. The first-order chi connectivity index (χ1) is 58.9. The molecule has 34 heteroatoms. The van der Waals surface area contributed by atoms with Gasteiger partial charge in [-0.25, -0.2) is 19.7 Å². The molecule has 0 unspecified atom stereocenters. The van der Waals surface area contributed by atoms with Gasteiger partial charge in [-0.1, -0.05) is 92.2 Å². The van der Waals surface area contributed by atoms with Crippen LogP contribution >= 0.6 is 34.0 Å². The number of nitrogens with one attached hydrogen (secondary N) is 3. The second-order valence-corrected chi connectivity index (χ2v) is 43.8. The predicted octanol–water partition coefficient (Wildman–Crippen LogP) is 15.8. The third kappa shape index (κ3) is 23.7. The van der Waals surface area contributed by atoms with Gasteiger partial charge in [0, 0.05) is 208 Å². The molecule has 0 radical (unpaired) electrons. The number of pyridine rings is 6. The van der Waals surface area contributed by atoms with E-state index < -0.39 is 13.7 Å². The van der Waals surface area contributed by atoms with Crippen LogP contribution in [0.3, 0.4) is 0 Å². The highest BCUT2D eigenvalue weighted by atomic mass is 32.1. The highest BCUT2D eigenvalue weighted by Crippen LogP contribution is 2.41. The minimum atomic E-state index is -1.22. The molecular formula is C87H117N27O3S3Si. The third-order valence-corrected chi connectivity index (χ3v) is 28.3. The normalized spacial score (nSPS) is 17.1. The average Bonchev–Trinajstić information content (AvgIpc) is 1.60. The maximum Gasteiger partial charge on any atom is 0.410 e. The lowest BCUT2D eigenvalue weighted by Gasteiger charge is -2.35. The fourth-order valence-corrected chi connectivity index (χ4v) is 20.0. The number of likely N-dealkylation sites (N-methyl/N-ethyl adjacent to an activating group) is 1. The molecule has 6 fully saturated rings. The number of hydrogen-bond acceptors (Lipinski definition) is 29. The molecule has 12 aromatic rings. The number of carbonyl (C=O) groups excluding carboxylic acids is 1. The standard InChI is InChI=1S/C36H53N9O3SSi.C26H33N9S.C25H31N9S/c1-36(2,3)48-35(46)43-18-16-42(17-19-43)14-9-15-44-25-29(24-38-44)28-22-31-30(37-23-28)12-13-32(39-31)45(26-47-20-21-50(4,5)6)34-41-40-33(49-34)27-10-7-8-11-27;1-33-11-13-34(14-12-33)9-4-10-35-18-21(17-28-35)20-15-23-22(27-16-20)7-8-24(29-23)30-26-32-31-25(36-26)19-5-2-3-6-19;1-2-5-18(4-1)24-31-32-25(35-24)30-23-7-6-21-22(29-23)14-19(15-27-21)20-16-28-34(17-20)11-3-10-33-12-8-26-9-13-33/h12-13,22-25,27H,7-11,14-21,26H2,1-6H3;7-8,15-19H,2-6,9-14H2,1H3,(H,29,30,32);6-7,14-18,26H,1-5,8-13H2,(H,29,30,32). The zero-order chi connectivity index (χ0) is 83.1. The summed E-state index contributed by atoms with van der Waals surface area (Å²) in [6.07, 6.45) is 35.7. The minimum absolute atomic E-state index is 0.222. The molecule has 3 aliphatic heterocycles. The smallest absolute Gasteiger partial charge is 0.410 e. The maximum absolute atomic E-state index is 12.4. The van der Waals surface area contributed by atoms with Crippen LogP contribution in [-0.2, 0) is 29.1 Å². The van der Waals surface area contributed by atoms with E-state index in [0.29, 0.717) is 44.2 Å². The summed E-state index contributed by atoms with van der Waals surface area (Å²) in [5.74, 6) is 3.95. The van der Waals surface area contributed by atoms with Gasteiger partial charge in [0.2, 0.25) is 15.4 Å². The molecular weight excluding hydrogens is 1600 g/mol. The molecule has 121 heavy (non-hydrogen) atoms. The molecule has 18 rings (SSSR count). The van der Waals surface area contributed by atoms with Crippen LogP contribution in [0.15, 0.2) is 110 Å². The predicted molar refractivity (Wildman–Crippen MR) is 485 cm³/mol.